The Labute approximate surface area is 144 Å². The number of nitrogens with zero attached hydrogens (tertiary/aromatic N) is 1. The van der Waals surface area contributed by atoms with Crippen LogP contribution in [0.1, 0.15) is 0 Å². The third kappa shape index (κ3) is 3.97. The molecule has 0 aromatic heterocycles. The van der Waals surface area contributed by atoms with Crippen LogP contribution in [-0.4, -0.2) is 31.6 Å². The summed E-state index contributed by atoms with van der Waals surface area (Å²) < 4.78 is 5.38. The predicted molar refractivity (Wildman–Crippen MR) is 92.8 cm³/mol. The summed E-state index contributed by atoms with van der Waals surface area (Å²) in [7, 11) is 0. The Morgan fingerprint density at radius 3 is 2.71 bits per heavy atom. The van der Waals surface area contributed by atoms with Crippen LogP contribution in [0.4, 0.5) is 16.2 Å². The van der Waals surface area contributed by atoms with Crippen molar-refractivity contribution >= 4 is 34.9 Å². The molecule has 7 heteroatoms. The van der Waals surface area contributed by atoms with Crippen molar-refractivity contribution in [2.24, 2.45) is 0 Å². The minimum absolute atomic E-state index is 0.110. The van der Waals surface area contributed by atoms with E-state index in [0.717, 1.165) is 5.69 Å². The van der Waals surface area contributed by atoms with Crippen molar-refractivity contribution in [1.82, 2.24) is 5.32 Å². The van der Waals surface area contributed by atoms with Crippen LogP contribution in [0.5, 0.6) is 5.75 Å². The summed E-state index contributed by atoms with van der Waals surface area (Å²) in [4.78, 5) is 25.2. The average Bonchev–Trinajstić information content (AvgIpc) is 3.00. The molecule has 0 atom stereocenters. The van der Waals surface area contributed by atoms with E-state index in [0.29, 0.717) is 29.5 Å². The Hall–Kier alpha value is -2.73. The van der Waals surface area contributed by atoms with Crippen LogP contribution in [0.25, 0.3) is 0 Å². The minimum atomic E-state index is -0.276. The summed E-state index contributed by atoms with van der Waals surface area (Å²) in [5, 5.41) is 6.03. The number of rotatable bonds is 5. The van der Waals surface area contributed by atoms with Gasteiger partial charge in [-0.25, -0.2) is 4.79 Å². The topological polar surface area (TPSA) is 70.7 Å². The first-order valence-electron chi connectivity index (χ1n) is 7.45. The molecule has 2 aromatic rings. The minimum Gasteiger partial charge on any atom is -0.484 e. The fourth-order valence-electron chi connectivity index (χ4n) is 2.35. The molecule has 24 heavy (non-hydrogen) atoms. The van der Waals surface area contributed by atoms with E-state index in [1.807, 2.05) is 0 Å². The maximum Gasteiger partial charge on any atom is 0.321 e. The summed E-state index contributed by atoms with van der Waals surface area (Å²) in [5.41, 5.74) is 1.43. The number of ether oxygens (including phenoxy) is 1. The monoisotopic (exact) mass is 345 g/mol. The number of nitrogens with one attached hydrogen (secondary N) is 2. The van der Waals surface area contributed by atoms with Crippen LogP contribution in [0.15, 0.2) is 48.5 Å². The van der Waals surface area contributed by atoms with Crippen LogP contribution in [0, 0.1) is 0 Å². The summed E-state index contributed by atoms with van der Waals surface area (Å²) in [5.74, 6) is 0.259. The summed E-state index contributed by atoms with van der Waals surface area (Å²) in [6.07, 6.45) is 0. The van der Waals surface area contributed by atoms with Gasteiger partial charge in [-0.2, -0.15) is 0 Å². The molecule has 0 radical (unpaired) electrons. The summed E-state index contributed by atoms with van der Waals surface area (Å²) >= 11 is 5.86. The van der Waals surface area contributed by atoms with Gasteiger partial charge in [0.25, 0.3) is 5.91 Å². The first-order chi connectivity index (χ1) is 11.6. The average molecular weight is 346 g/mol. The lowest BCUT2D eigenvalue weighted by Gasteiger charge is -2.14. The van der Waals surface area contributed by atoms with E-state index in [4.69, 9.17) is 16.3 Å². The van der Waals surface area contributed by atoms with Crippen molar-refractivity contribution in [2.45, 2.75) is 0 Å². The molecule has 1 saturated heterocycles. The largest absolute Gasteiger partial charge is 0.484 e. The summed E-state index contributed by atoms with van der Waals surface area (Å²) in [6, 6.07) is 13.8. The van der Waals surface area contributed by atoms with Crippen molar-refractivity contribution in [1.29, 1.82) is 0 Å². The zero-order valence-electron chi connectivity index (χ0n) is 12.8. The third-order valence-corrected chi connectivity index (χ3v) is 3.72. The second kappa shape index (κ2) is 7.23. The van der Waals surface area contributed by atoms with E-state index in [9.17, 15) is 9.59 Å². The molecular weight excluding hydrogens is 330 g/mol. The molecule has 6 nitrogen and oxygen atoms in total. The highest BCUT2D eigenvalue weighted by Gasteiger charge is 2.20. The molecule has 1 aliphatic rings. The number of halogens is 1. The Morgan fingerprint density at radius 2 is 2.04 bits per heavy atom. The van der Waals surface area contributed by atoms with Gasteiger partial charge < -0.3 is 15.4 Å². The smallest absolute Gasteiger partial charge is 0.321 e. The zero-order valence-corrected chi connectivity index (χ0v) is 13.5. The Balaban J connectivity index is 1.53. The normalized spacial score (nSPS) is 13.5. The van der Waals surface area contributed by atoms with Gasteiger partial charge in [-0.05, 0) is 42.5 Å². The molecule has 0 unspecified atom stereocenters. The second-order valence-corrected chi connectivity index (χ2v) is 5.66. The predicted octanol–water partition coefficient (Wildman–Crippen LogP) is 2.89. The molecule has 0 spiro atoms. The fourth-order valence-corrected chi connectivity index (χ4v) is 2.53. The molecule has 1 aliphatic heterocycles. The van der Waals surface area contributed by atoms with Crippen molar-refractivity contribution in [3.63, 3.8) is 0 Å². The molecule has 1 fully saturated rings. The Morgan fingerprint density at radius 1 is 1.25 bits per heavy atom. The zero-order chi connectivity index (χ0) is 16.9. The van der Waals surface area contributed by atoms with Crippen LogP contribution >= 0.6 is 11.6 Å². The van der Waals surface area contributed by atoms with Crippen LogP contribution in [0.3, 0.4) is 0 Å². The van der Waals surface area contributed by atoms with E-state index in [-0.39, 0.29) is 18.5 Å². The lowest BCUT2D eigenvalue weighted by Crippen LogP contribution is -2.27. The van der Waals surface area contributed by atoms with Gasteiger partial charge in [-0.1, -0.05) is 17.7 Å². The van der Waals surface area contributed by atoms with Crippen molar-refractivity contribution in [3.05, 3.63) is 53.6 Å². The van der Waals surface area contributed by atoms with Crippen LogP contribution in [0.2, 0.25) is 5.02 Å². The molecule has 2 N–H and O–H groups in total. The Bertz CT molecular complexity index is 749. The van der Waals surface area contributed by atoms with Gasteiger partial charge in [0.05, 0.1) is 0 Å². The number of hydrogen-bond acceptors (Lipinski definition) is 3. The molecule has 3 rings (SSSR count). The lowest BCUT2D eigenvalue weighted by atomic mass is 10.2. The van der Waals surface area contributed by atoms with Gasteiger partial charge in [-0.15, -0.1) is 0 Å². The SMILES string of the molecule is O=C(COc1cccc(Cl)c1)Nc1ccc(N2CCNC2=O)cc1. The highest BCUT2D eigenvalue weighted by Crippen LogP contribution is 2.20. The summed E-state index contributed by atoms with van der Waals surface area (Å²) in [6.45, 7) is 1.16. The van der Waals surface area contributed by atoms with Gasteiger partial charge in [-0.3, -0.25) is 9.69 Å². The van der Waals surface area contributed by atoms with Gasteiger partial charge >= 0.3 is 6.03 Å². The number of carbonyl (C=O) groups is 2. The first-order valence-corrected chi connectivity index (χ1v) is 7.83. The van der Waals surface area contributed by atoms with Gasteiger partial charge in [0.15, 0.2) is 6.61 Å². The van der Waals surface area contributed by atoms with Crippen molar-refractivity contribution < 1.29 is 14.3 Å². The van der Waals surface area contributed by atoms with E-state index < -0.39 is 0 Å². The van der Waals surface area contributed by atoms with Gasteiger partial charge in [0, 0.05) is 29.5 Å². The number of benzene rings is 2. The molecule has 3 amide bonds. The molecule has 1 heterocycles. The van der Waals surface area contributed by atoms with Crippen LogP contribution in [-0.2, 0) is 4.79 Å². The number of anilines is 2. The highest BCUT2D eigenvalue weighted by molar-refractivity contribution is 6.30. The molecule has 0 saturated carbocycles. The molecule has 0 bridgehead atoms. The fraction of sp³-hybridized carbons (Fsp3) is 0.176. The standard InChI is InChI=1S/C17H16ClN3O3/c18-12-2-1-3-15(10-12)24-11-16(22)20-13-4-6-14(7-5-13)21-9-8-19-17(21)23/h1-7,10H,8-9,11H2,(H,19,23)(H,20,22). The molecule has 2 aromatic carbocycles. The van der Waals surface area contributed by atoms with E-state index in [2.05, 4.69) is 10.6 Å². The number of amides is 3. The van der Waals surface area contributed by atoms with Gasteiger partial charge in [0.1, 0.15) is 5.75 Å². The lowest BCUT2D eigenvalue weighted by molar-refractivity contribution is -0.118. The van der Waals surface area contributed by atoms with E-state index in [1.54, 1.807) is 53.4 Å². The Kier molecular flexibility index (Phi) is 4.86. The molecular formula is C17H16ClN3O3. The maximum absolute atomic E-state index is 11.9. The first kappa shape index (κ1) is 16.1. The molecule has 124 valence electrons. The maximum atomic E-state index is 11.9. The number of hydrogen-bond donors (Lipinski definition) is 2. The number of urea groups is 1. The highest BCUT2D eigenvalue weighted by atomic mass is 35.5. The third-order valence-electron chi connectivity index (χ3n) is 3.49. The quantitative estimate of drug-likeness (QED) is 0.875. The van der Waals surface area contributed by atoms with E-state index >= 15 is 0 Å². The van der Waals surface area contributed by atoms with Crippen molar-refractivity contribution in [2.75, 3.05) is 29.9 Å². The van der Waals surface area contributed by atoms with Crippen LogP contribution < -0.4 is 20.3 Å². The van der Waals surface area contributed by atoms with E-state index in [1.165, 1.54) is 0 Å². The second-order valence-electron chi connectivity index (χ2n) is 5.22. The molecule has 0 aliphatic carbocycles. The van der Waals surface area contributed by atoms with Crippen molar-refractivity contribution in [3.8, 4) is 5.75 Å². The van der Waals surface area contributed by atoms with Gasteiger partial charge in [0.2, 0.25) is 0 Å². The number of carbonyl (C=O) groups excluding carboxylic acids is 2.